The molecule has 0 saturated heterocycles. The van der Waals surface area contributed by atoms with Gasteiger partial charge in [0.25, 0.3) is 0 Å². The topological polar surface area (TPSA) is 42.2 Å². The van der Waals surface area contributed by atoms with Crippen LogP contribution < -0.4 is 5.43 Å². The maximum atomic E-state index is 14.3. The number of fused-ring (bicyclic) bond motifs is 1. The Hall–Kier alpha value is -1.82. The minimum atomic E-state index is -0.428. The first-order valence-corrected chi connectivity index (χ1v) is 10.4. The van der Waals surface area contributed by atoms with Gasteiger partial charge in [-0.3, -0.25) is 4.79 Å². The molecule has 142 valence electrons. The molecule has 0 spiro atoms. The van der Waals surface area contributed by atoms with Crippen molar-refractivity contribution in [1.29, 1.82) is 0 Å². The van der Waals surface area contributed by atoms with Crippen molar-refractivity contribution in [3.8, 4) is 0 Å². The Labute approximate surface area is 166 Å². The van der Waals surface area contributed by atoms with Crippen LogP contribution in [0.15, 0.2) is 52.3 Å². The van der Waals surface area contributed by atoms with E-state index in [-0.39, 0.29) is 23.1 Å². The highest BCUT2D eigenvalue weighted by molar-refractivity contribution is 7.98. The van der Waals surface area contributed by atoms with Gasteiger partial charge in [-0.1, -0.05) is 30.7 Å². The molecule has 0 aliphatic carbocycles. The van der Waals surface area contributed by atoms with E-state index < -0.39 is 5.82 Å². The molecule has 1 atom stereocenters. The normalized spacial score (nSPS) is 12.5. The van der Waals surface area contributed by atoms with Crippen molar-refractivity contribution >= 4 is 34.3 Å². The summed E-state index contributed by atoms with van der Waals surface area (Å²) in [4.78, 5) is 13.4. The lowest BCUT2D eigenvalue weighted by molar-refractivity contribution is 0.227. The number of aromatic nitrogens is 1. The summed E-state index contributed by atoms with van der Waals surface area (Å²) in [7, 11) is 0. The molecule has 0 bridgehead atoms. The van der Waals surface area contributed by atoms with E-state index >= 15 is 0 Å². The number of halogens is 2. The Balaban J connectivity index is 2.19. The van der Waals surface area contributed by atoms with E-state index in [4.69, 9.17) is 11.6 Å². The SMILES string of the molecule is CC[C@@H](CO)n1ccc(=O)c2cc(Cc3cccc(Cl)c3F)c(SC)cc21. The third-order valence-electron chi connectivity index (χ3n) is 4.82. The minimum absolute atomic E-state index is 0.00144. The zero-order valence-corrected chi connectivity index (χ0v) is 16.8. The monoisotopic (exact) mass is 405 g/mol. The van der Waals surface area contributed by atoms with Gasteiger partial charge < -0.3 is 9.67 Å². The molecule has 0 fully saturated rings. The number of pyridine rings is 1. The fourth-order valence-electron chi connectivity index (χ4n) is 3.29. The number of thioether (sulfide) groups is 1. The van der Waals surface area contributed by atoms with E-state index in [9.17, 15) is 14.3 Å². The molecular weight excluding hydrogens is 385 g/mol. The quantitative estimate of drug-likeness (QED) is 0.583. The van der Waals surface area contributed by atoms with E-state index in [0.717, 1.165) is 22.4 Å². The lowest BCUT2D eigenvalue weighted by Crippen LogP contribution is -2.16. The summed E-state index contributed by atoms with van der Waals surface area (Å²) in [5.74, 6) is -0.428. The first-order valence-electron chi connectivity index (χ1n) is 8.75. The fraction of sp³-hybridized carbons (Fsp3) is 0.286. The molecule has 0 aliphatic heterocycles. The average Bonchev–Trinajstić information content (AvgIpc) is 2.68. The van der Waals surface area contributed by atoms with Crippen molar-refractivity contribution in [2.75, 3.05) is 12.9 Å². The second kappa shape index (κ2) is 8.46. The Morgan fingerprint density at radius 1 is 1.26 bits per heavy atom. The first kappa shape index (κ1) is 19.9. The van der Waals surface area contributed by atoms with Crippen molar-refractivity contribution in [3.05, 3.63) is 74.8 Å². The van der Waals surface area contributed by atoms with Crippen LogP contribution in [-0.2, 0) is 6.42 Å². The molecule has 27 heavy (non-hydrogen) atoms. The van der Waals surface area contributed by atoms with E-state index in [1.54, 1.807) is 30.1 Å². The summed E-state index contributed by atoms with van der Waals surface area (Å²) < 4.78 is 16.3. The van der Waals surface area contributed by atoms with Crippen molar-refractivity contribution in [2.45, 2.75) is 30.7 Å². The Bertz CT molecular complexity index is 1030. The molecule has 1 heterocycles. The van der Waals surface area contributed by atoms with Crippen LogP contribution in [0.25, 0.3) is 10.9 Å². The molecule has 2 aromatic carbocycles. The van der Waals surface area contributed by atoms with E-state index in [0.29, 0.717) is 17.4 Å². The average molecular weight is 406 g/mol. The highest BCUT2D eigenvalue weighted by Gasteiger charge is 2.15. The number of aliphatic hydroxyl groups excluding tert-OH is 1. The number of hydrogen-bond donors (Lipinski definition) is 1. The zero-order valence-electron chi connectivity index (χ0n) is 15.2. The predicted octanol–water partition coefficient (Wildman–Crippen LogP) is 5.05. The molecule has 3 nitrogen and oxygen atoms in total. The van der Waals surface area contributed by atoms with Crippen LogP contribution in [0, 0.1) is 5.82 Å². The van der Waals surface area contributed by atoms with Crippen molar-refractivity contribution < 1.29 is 9.50 Å². The Kier molecular flexibility index (Phi) is 6.25. The highest BCUT2D eigenvalue weighted by atomic mass is 35.5. The predicted molar refractivity (Wildman–Crippen MR) is 111 cm³/mol. The molecule has 0 unspecified atom stereocenters. The van der Waals surface area contributed by atoms with Gasteiger partial charge in [0.15, 0.2) is 5.43 Å². The van der Waals surface area contributed by atoms with Gasteiger partial charge in [-0.25, -0.2) is 4.39 Å². The zero-order chi connectivity index (χ0) is 19.6. The third kappa shape index (κ3) is 3.91. The number of rotatable bonds is 6. The Morgan fingerprint density at radius 2 is 2.04 bits per heavy atom. The smallest absolute Gasteiger partial charge is 0.189 e. The molecule has 3 aromatic rings. The van der Waals surface area contributed by atoms with E-state index in [1.807, 2.05) is 29.9 Å². The molecule has 0 radical (unpaired) electrons. The number of hydrogen-bond acceptors (Lipinski definition) is 3. The van der Waals surface area contributed by atoms with Crippen LogP contribution >= 0.6 is 23.4 Å². The highest BCUT2D eigenvalue weighted by Crippen LogP contribution is 2.30. The molecule has 1 N–H and O–H groups in total. The summed E-state index contributed by atoms with van der Waals surface area (Å²) in [6, 6.07) is 10.2. The number of aliphatic hydroxyl groups is 1. The van der Waals surface area contributed by atoms with Crippen LogP contribution in [0.4, 0.5) is 4.39 Å². The van der Waals surface area contributed by atoms with Crippen LogP contribution in [0.2, 0.25) is 5.02 Å². The summed E-state index contributed by atoms with van der Waals surface area (Å²) in [6.07, 6.45) is 4.78. The minimum Gasteiger partial charge on any atom is -0.394 e. The lowest BCUT2D eigenvalue weighted by Gasteiger charge is -2.20. The second-order valence-electron chi connectivity index (χ2n) is 6.40. The molecule has 1 aromatic heterocycles. The summed E-state index contributed by atoms with van der Waals surface area (Å²) in [5, 5.41) is 10.3. The van der Waals surface area contributed by atoms with Gasteiger partial charge in [0.1, 0.15) is 5.82 Å². The Morgan fingerprint density at radius 3 is 2.70 bits per heavy atom. The number of benzene rings is 2. The fourth-order valence-corrected chi connectivity index (χ4v) is 4.11. The first-order chi connectivity index (χ1) is 13.0. The summed E-state index contributed by atoms with van der Waals surface area (Å²) in [6.45, 7) is 2.00. The van der Waals surface area contributed by atoms with E-state index in [2.05, 4.69) is 0 Å². The maximum absolute atomic E-state index is 14.3. The number of nitrogens with zero attached hydrogens (tertiary/aromatic N) is 1. The second-order valence-corrected chi connectivity index (χ2v) is 7.66. The van der Waals surface area contributed by atoms with Gasteiger partial charge >= 0.3 is 0 Å². The molecule has 3 rings (SSSR count). The molecule has 0 saturated carbocycles. The van der Waals surface area contributed by atoms with E-state index in [1.165, 1.54) is 12.1 Å². The van der Waals surface area contributed by atoms with Crippen LogP contribution in [0.5, 0.6) is 0 Å². The summed E-state index contributed by atoms with van der Waals surface area (Å²) >= 11 is 7.45. The largest absolute Gasteiger partial charge is 0.394 e. The summed E-state index contributed by atoms with van der Waals surface area (Å²) in [5.41, 5.74) is 2.07. The van der Waals surface area contributed by atoms with Gasteiger partial charge in [0.2, 0.25) is 0 Å². The standard InChI is InChI=1S/C21H21ClFNO2S/c1-3-15(12-25)24-8-7-19(26)16-10-14(20(27-2)11-18(16)24)9-13-5-4-6-17(22)21(13)23/h4-8,10-11,15,25H,3,9,12H2,1-2H3/t15-/m0/s1. The van der Waals surface area contributed by atoms with Gasteiger partial charge in [-0.2, -0.15) is 0 Å². The molecule has 0 amide bonds. The van der Waals surface area contributed by atoms with Gasteiger partial charge in [-0.15, -0.1) is 11.8 Å². The van der Waals surface area contributed by atoms with Crippen LogP contribution in [0.1, 0.15) is 30.5 Å². The molecule has 0 aliphatic rings. The van der Waals surface area contributed by atoms with Crippen molar-refractivity contribution in [2.24, 2.45) is 0 Å². The van der Waals surface area contributed by atoms with Gasteiger partial charge in [0.05, 0.1) is 23.2 Å². The van der Waals surface area contributed by atoms with Crippen LogP contribution in [0.3, 0.4) is 0 Å². The lowest BCUT2D eigenvalue weighted by atomic mass is 10.0. The van der Waals surface area contributed by atoms with Gasteiger partial charge in [0, 0.05) is 29.0 Å². The van der Waals surface area contributed by atoms with Crippen molar-refractivity contribution in [1.82, 2.24) is 4.57 Å². The maximum Gasteiger partial charge on any atom is 0.189 e. The molecule has 6 heteroatoms. The van der Waals surface area contributed by atoms with Crippen molar-refractivity contribution in [3.63, 3.8) is 0 Å². The molecular formula is C21H21ClFNO2S. The van der Waals surface area contributed by atoms with Crippen LogP contribution in [-0.4, -0.2) is 22.5 Å². The third-order valence-corrected chi connectivity index (χ3v) is 5.93. The van der Waals surface area contributed by atoms with Gasteiger partial charge in [-0.05, 0) is 42.0 Å².